The Morgan fingerprint density at radius 3 is 2.86 bits per heavy atom. The van der Waals surface area contributed by atoms with Gasteiger partial charge in [0, 0.05) is 6.54 Å². The number of rotatable bonds is 2. The van der Waals surface area contributed by atoms with Gasteiger partial charge in [0.1, 0.15) is 11.6 Å². The van der Waals surface area contributed by atoms with Crippen molar-refractivity contribution >= 4 is 5.91 Å². The smallest absolute Gasteiger partial charge is 0.307 e. The van der Waals surface area contributed by atoms with Crippen molar-refractivity contribution in [2.45, 2.75) is 6.92 Å². The Bertz CT molecular complexity index is 662. The van der Waals surface area contributed by atoms with Gasteiger partial charge in [0.2, 0.25) is 5.82 Å². The molecule has 8 heteroatoms. The van der Waals surface area contributed by atoms with Crippen LogP contribution < -0.4 is 5.43 Å². The molecule has 1 aromatic heterocycles. The number of amides is 1. The van der Waals surface area contributed by atoms with Gasteiger partial charge in [-0.05, 0) is 31.2 Å². The normalized spacial score (nSPS) is 15.6. The van der Waals surface area contributed by atoms with Crippen molar-refractivity contribution in [2.24, 2.45) is 0 Å². The molecule has 1 saturated heterocycles. The van der Waals surface area contributed by atoms with Crippen LogP contribution in [-0.4, -0.2) is 52.0 Å². The number of hydrogen-bond acceptors (Lipinski definition) is 5. The summed E-state index contributed by atoms with van der Waals surface area (Å²) in [6.45, 7) is 3.76. The van der Waals surface area contributed by atoms with Gasteiger partial charge in [-0.25, -0.2) is 19.5 Å². The zero-order valence-electron chi connectivity index (χ0n) is 12.1. The molecular formula is C14H16FN5O2. The molecule has 0 radical (unpaired) electrons. The maximum Gasteiger partial charge on any atom is 0.307 e. The van der Waals surface area contributed by atoms with Crippen LogP contribution in [0.2, 0.25) is 0 Å². The first-order valence-corrected chi connectivity index (χ1v) is 6.98. The molecule has 1 amide bonds. The highest BCUT2D eigenvalue weighted by Gasteiger charge is 2.22. The highest BCUT2D eigenvalue weighted by atomic mass is 19.1. The lowest BCUT2D eigenvalue weighted by Gasteiger charge is -2.18. The topological polar surface area (TPSA) is 72.3 Å². The van der Waals surface area contributed by atoms with Crippen molar-refractivity contribution in [1.29, 1.82) is 0 Å². The Kier molecular flexibility index (Phi) is 4.12. The summed E-state index contributed by atoms with van der Waals surface area (Å²) < 4.78 is 19.8. The number of hydrogen-bond donors (Lipinski definition) is 1. The third-order valence-electron chi connectivity index (χ3n) is 3.28. The Labute approximate surface area is 126 Å². The molecule has 1 N–H and O–H groups in total. The van der Waals surface area contributed by atoms with Gasteiger partial charge in [-0.2, -0.15) is 0 Å². The second kappa shape index (κ2) is 6.20. The van der Waals surface area contributed by atoms with Crippen molar-refractivity contribution in [2.75, 3.05) is 26.3 Å². The summed E-state index contributed by atoms with van der Waals surface area (Å²) in [6, 6.07) is 5.85. The lowest BCUT2D eigenvalue weighted by molar-refractivity contribution is 0.0648. The highest BCUT2D eigenvalue weighted by molar-refractivity contribution is 5.90. The molecule has 1 fully saturated rings. The van der Waals surface area contributed by atoms with Crippen molar-refractivity contribution in [3.05, 3.63) is 41.7 Å². The highest BCUT2D eigenvalue weighted by Crippen LogP contribution is 2.11. The molecule has 1 aromatic carbocycles. The number of nitrogens with zero attached hydrogens (tertiary/aromatic N) is 4. The van der Waals surface area contributed by atoms with Gasteiger partial charge in [0.05, 0.1) is 25.4 Å². The molecule has 2 heterocycles. The Morgan fingerprint density at radius 2 is 2.09 bits per heavy atom. The molecule has 1 aliphatic heterocycles. The van der Waals surface area contributed by atoms with E-state index in [2.05, 4.69) is 15.5 Å². The summed E-state index contributed by atoms with van der Waals surface area (Å²) in [5.74, 6) is 0.0123. The minimum Gasteiger partial charge on any atom is -0.378 e. The Hall–Kier alpha value is -2.32. The summed E-state index contributed by atoms with van der Waals surface area (Å²) in [6.07, 6.45) is 0. The standard InChI is InChI=1S/C14H16FN5O2/c1-10-17-13(14(21)19-7-9-22-8-6-16-19)18-20(10)12-4-2-11(15)3-5-12/h2-5,16H,6-9H2,1H3. The molecule has 2 aromatic rings. The fraction of sp³-hybridized carbons (Fsp3) is 0.357. The van der Waals surface area contributed by atoms with Crippen molar-refractivity contribution in [3.63, 3.8) is 0 Å². The molecule has 0 spiro atoms. The van der Waals surface area contributed by atoms with Gasteiger partial charge < -0.3 is 4.74 Å². The van der Waals surface area contributed by atoms with E-state index in [1.165, 1.54) is 21.8 Å². The summed E-state index contributed by atoms with van der Waals surface area (Å²) in [4.78, 5) is 16.6. The van der Waals surface area contributed by atoms with Crippen LogP contribution in [0.5, 0.6) is 0 Å². The van der Waals surface area contributed by atoms with Crippen molar-refractivity contribution in [3.8, 4) is 5.69 Å². The van der Waals surface area contributed by atoms with Gasteiger partial charge in [-0.1, -0.05) is 0 Å². The number of nitrogens with one attached hydrogen (secondary N) is 1. The van der Waals surface area contributed by atoms with Crippen LogP contribution in [-0.2, 0) is 4.74 Å². The second-order valence-electron chi connectivity index (χ2n) is 4.85. The third kappa shape index (κ3) is 2.97. The van der Waals surface area contributed by atoms with Crippen LogP contribution in [0, 0.1) is 12.7 Å². The van der Waals surface area contributed by atoms with Crippen LogP contribution in [0.4, 0.5) is 4.39 Å². The Balaban J connectivity index is 1.84. The molecule has 3 rings (SSSR count). The van der Waals surface area contributed by atoms with Gasteiger partial charge in [0.25, 0.3) is 0 Å². The number of aromatic nitrogens is 3. The van der Waals surface area contributed by atoms with E-state index >= 15 is 0 Å². The number of ether oxygens (including phenoxy) is 1. The van der Waals surface area contributed by atoms with Gasteiger partial charge in [0.15, 0.2) is 0 Å². The molecule has 22 heavy (non-hydrogen) atoms. The maximum atomic E-state index is 13.0. The lowest BCUT2D eigenvalue weighted by atomic mass is 10.3. The van der Waals surface area contributed by atoms with E-state index in [-0.39, 0.29) is 17.5 Å². The fourth-order valence-corrected chi connectivity index (χ4v) is 2.19. The minimum atomic E-state index is -0.327. The molecular weight excluding hydrogens is 289 g/mol. The molecule has 0 bridgehead atoms. The number of halogens is 1. The molecule has 1 aliphatic rings. The van der Waals surface area contributed by atoms with Crippen LogP contribution in [0.15, 0.2) is 24.3 Å². The number of hydrazine groups is 1. The summed E-state index contributed by atoms with van der Waals surface area (Å²) in [5, 5.41) is 5.68. The maximum absolute atomic E-state index is 13.0. The largest absolute Gasteiger partial charge is 0.378 e. The van der Waals surface area contributed by atoms with Crippen molar-refractivity contribution < 1.29 is 13.9 Å². The van der Waals surface area contributed by atoms with Crippen LogP contribution in [0.1, 0.15) is 16.4 Å². The quantitative estimate of drug-likeness (QED) is 0.884. The van der Waals surface area contributed by atoms with Gasteiger partial charge in [-0.3, -0.25) is 9.80 Å². The zero-order valence-corrected chi connectivity index (χ0v) is 12.1. The van der Waals surface area contributed by atoms with E-state index in [1.54, 1.807) is 19.1 Å². The van der Waals surface area contributed by atoms with E-state index in [1.807, 2.05) is 0 Å². The van der Waals surface area contributed by atoms with Gasteiger partial charge >= 0.3 is 5.91 Å². The first-order valence-electron chi connectivity index (χ1n) is 6.98. The van der Waals surface area contributed by atoms with Gasteiger partial charge in [-0.15, -0.1) is 5.10 Å². The molecule has 0 unspecified atom stereocenters. The van der Waals surface area contributed by atoms with Crippen LogP contribution in [0.3, 0.4) is 0 Å². The number of carbonyl (C=O) groups excluding carboxylic acids is 1. The zero-order chi connectivity index (χ0) is 15.5. The van der Waals surface area contributed by atoms with Crippen LogP contribution >= 0.6 is 0 Å². The summed E-state index contributed by atoms with van der Waals surface area (Å²) >= 11 is 0. The van der Waals surface area contributed by atoms with E-state index in [9.17, 15) is 9.18 Å². The predicted molar refractivity (Wildman–Crippen MR) is 75.9 cm³/mol. The van der Waals surface area contributed by atoms with E-state index in [0.29, 0.717) is 37.8 Å². The number of aryl methyl sites for hydroxylation is 1. The Morgan fingerprint density at radius 1 is 1.32 bits per heavy atom. The predicted octanol–water partition coefficient (Wildman–Crippen LogP) is 0.692. The summed E-state index contributed by atoms with van der Waals surface area (Å²) in [5.41, 5.74) is 3.63. The second-order valence-corrected chi connectivity index (χ2v) is 4.85. The summed E-state index contributed by atoms with van der Waals surface area (Å²) in [7, 11) is 0. The molecule has 116 valence electrons. The minimum absolute atomic E-state index is 0.0937. The molecule has 7 nitrogen and oxygen atoms in total. The average molecular weight is 305 g/mol. The third-order valence-corrected chi connectivity index (χ3v) is 3.28. The number of carbonyl (C=O) groups is 1. The van der Waals surface area contributed by atoms with Crippen molar-refractivity contribution in [1.82, 2.24) is 25.2 Å². The van der Waals surface area contributed by atoms with E-state index in [4.69, 9.17) is 4.74 Å². The SMILES string of the molecule is Cc1nc(C(=O)N2CCOCCN2)nn1-c1ccc(F)cc1. The molecule has 0 saturated carbocycles. The van der Waals surface area contributed by atoms with Crippen LogP contribution in [0.25, 0.3) is 5.69 Å². The lowest BCUT2D eigenvalue weighted by Crippen LogP contribution is -2.44. The first-order chi connectivity index (χ1) is 10.6. The molecule has 0 atom stereocenters. The number of benzene rings is 1. The average Bonchev–Trinajstić information content (AvgIpc) is 2.74. The molecule has 0 aliphatic carbocycles. The van der Waals surface area contributed by atoms with E-state index < -0.39 is 0 Å². The van der Waals surface area contributed by atoms with E-state index in [0.717, 1.165) is 0 Å². The fourth-order valence-electron chi connectivity index (χ4n) is 2.19. The first kappa shape index (κ1) is 14.6. The monoisotopic (exact) mass is 305 g/mol.